The van der Waals surface area contributed by atoms with Crippen LogP contribution in [0.5, 0.6) is 5.75 Å². The molecule has 1 aromatic carbocycles. The summed E-state index contributed by atoms with van der Waals surface area (Å²) >= 11 is 3.69. The monoisotopic (exact) mass is 339 g/mol. The molecule has 0 aromatic heterocycles. The van der Waals surface area contributed by atoms with Crippen LogP contribution in [0.4, 0.5) is 0 Å². The van der Waals surface area contributed by atoms with Crippen LogP contribution in [0.3, 0.4) is 0 Å². The SMILES string of the molecule is COc1cccc([C@]23CCC[C@H]([C@@H]2O)N(C)CC3)c1Br. The number of benzene rings is 1. The number of aliphatic hydroxyl groups is 1. The van der Waals surface area contributed by atoms with Gasteiger partial charge in [0.15, 0.2) is 0 Å². The van der Waals surface area contributed by atoms with Crippen molar-refractivity contribution in [3.05, 3.63) is 28.2 Å². The lowest BCUT2D eigenvalue weighted by Crippen LogP contribution is -2.61. The zero-order valence-electron chi connectivity index (χ0n) is 12.1. The van der Waals surface area contributed by atoms with Gasteiger partial charge in [-0.05, 0) is 60.4 Å². The number of fused-ring (bicyclic) bond motifs is 2. The molecule has 0 unspecified atom stereocenters. The number of likely N-dealkylation sites (N-methyl/N-ethyl adjacent to an activating group) is 1. The summed E-state index contributed by atoms with van der Waals surface area (Å²) in [5, 5.41) is 10.9. The summed E-state index contributed by atoms with van der Waals surface area (Å²) < 4.78 is 6.43. The smallest absolute Gasteiger partial charge is 0.133 e. The van der Waals surface area contributed by atoms with E-state index in [0.717, 1.165) is 36.0 Å². The minimum Gasteiger partial charge on any atom is -0.496 e. The third-order valence-corrected chi connectivity index (χ3v) is 6.07. The van der Waals surface area contributed by atoms with Gasteiger partial charge in [0.1, 0.15) is 5.75 Å². The molecule has 2 fully saturated rings. The predicted octanol–water partition coefficient (Wildman–Crippen LogP) is 2.94. The summed E-state index contributed by atoms with van der Waals surface area (Å²) in [5.41, 5.74) is 1.09. The maximum Gasteiger partial charge on any atom is 0.133 e. The lowest BCUT2D eigenvalue weighted by molar-refractivity contribution is -0.0676. The first-order valence-electron chi connectivity index (χ1n) is 7.31. The molecule has 3 atom stereocenters. The highest BCUT2D eigenvalue weighted by atomic mass is 79.9. The number of halogens is 1. The van der Waals surface area contributed by atoms with Crippen LogP contribution in [0, 0.1) is 0 Å². The fraction of sp³-hybridized carbons (Fsp3) is 0.625. The first kappa shape index (κ1) is 14.4. The highest BCUT2D eigenvalue weighted by Gasteiger charge is 2.51. The Morgan fingerprint density at radius 2 is 2.20 bits per heavy atom. The van der Waals surface area contributed by atoms with Gasteiger partial charge in [0.25, 0.3) is 0 Å². The van der Waals surface area contributed by atoms with E-state index in [1.54, 1.807) is 7.11 Å². The Morgan fingerprint density at radius 1 is 1.40 bits per heavy atom. The van der Waals surface area contributed by atoms with Gasteiger partial charge in [-0.25, -0.2) is 0 Å². The quantitative estimate of drug-likeness (QED) is 0.899. The van der Waals surface area contributed by atoms with Gasteiger partial charge < -0.3 is 14.7 Å². The maximum atomic E-state index is 10.9. The van der Waals surface area contributed by atoms with Gasteiger partial charge in [0.05, 0.1) is 17.7 Å². The Morgan fingerprint density at radius 3 is 2.95 bits per heavy atom. The Labute approximate surface area is 129 Å². The molecular formula is C16H22BrNO2. The molecule has 0 radical (unpaired) electrons. The number of rotatable bonds is 2. The average Bonchev–Trinajstić information content (AvgIpc) is 2.44. The molecule has 2 bridgehead atoms. The van der Waals surface area contributed by atoms with Crippen molar-refractivity contribution in [1.82, 2.24) is 4.90 Å². The zero-order valence-corrected chi connectivity index (χ0v) is 13.7. The first-order chi connectivity index (χ1) is 9.60. The van der Waals surface area contributed by atoms with E-state index < -0.39 is 0 Å². The molecule has 1 aliphatic heterocycles. The van der Waals surface area contributed by atoms with Crippen LogP contribution in [0.1, 0.15) is 31.2 Å². The van der Waals surface area contributed by atoms with E-state index in [2.05, 4.69) is 33.9 Å². The molecule has 1 aromatic rings. The second kappa shape index (κ2) is 5.32. The topological polar surface area (TPSA) is 32.7 Å². The number of hydrogen-bond donors (Lipinski definition) is 1. The van der Waals surface area contributed by atoms with Crippen molar-refractivity contribution in [2.45, 2.75) is 43.2 Å². The molecule has 110 valence electrons. The first-order valence-corrected chi connectivity index (χ1v) is 8.11. The molecule has 1 N–H and O–H groups in total. The second-order valence-electron chi connectivity index (χ2n) is 6.11. The summed E-state index contributed by atoms with van der Waals surface area (Å²) in [6.45, 7) is 1.05. The standard InChI is InChI=1S/C16H22BrNO2/c1-18-10-9-16(8-4-6-12(18)15(16)19)11-5-3-7-13(20-2)14(11)17/h3,5,7,12,15,19H,4,6,8-10H2,1-2H3/t12-,15+,16-/m1/s1. The highest BCUT2D eigenvalue weighted by molar-refractivity contribution is 9.10. The van der Waals surface area contributed by atoms with E-state index in [1.165, 1.54) is 12.0 Å². The van der Waals surface area contributed by atoms with Crippen LogP contribution in [0.25, 0.3) is 0 Å². The van der Waals surface area contributed by atoms with Crippen molar-refractivity contribution < 1.29 is 9.84 Å². The molecular weight excluding hydrogens is 318 g/mol. The zero-order chi connectivity index (χ0) is 14.3. The molecule has 0 spiro atoms. The van der Waals surface area contributed by atoms with E-state index in [-0.39, 0.29) is 17.6 Å². The Kier molecular flexibility index (Phi) is 3.82. The maximum absolute atomic E-state index is 10.9. The molecule has 1 heterocycles. The number of likely N-dealkylation sites (tertiary alicyclic amines) is 1. The van der Waals surface area contributed by atoms with Crippen molar-refractivity contribution in [3.63, 3.8) is 0 Å². The van der Waals surface area contributed by atoms with Gasteiger partial charge in [0, 0.05) is 11.5 Å². The van der Waals surface area contributed by atoms with Gasteiger partial charge in [-0.2, -0.15) is 0 Å². The fourth-order valence-corrected chi connectivity index (χ4v) is 4.88. The third kappa shape index (κ3) is 2.00. The molecule has 20 heavy (non-hydrogen) atoms. The van der Waals surface area contributed by atoms with Crippen LogP contribution >= 0.6 is 15.9 Å². The summed E-state index contributed by atoms with van der Waals surface area (Å²) in [6, 6.07) is 6.42. The van der Waals surface area contributed by atoms with Gasteiger partial charge >= 0.3 is 0 Å². The normalized spacial score (nSPS) is 34.0. The molecule has 2 aliphatic rings. The summed E-state index contributed by atoms with van der Waals surface area (Å²) in [7, 11) is 3.82. The van der Waals surface area contributed by atoms with Gasteiger partial charge in [-0.3, -0.25) is 0 Å². The van der Waals surface area contributed by atoms with Crippen molar-refractivity contribution in [3.8, 4) is 5.75 Å². The molecule has 1 saturated heterocycles. The molecule has 1 saturated carbocycles. The van der Waals surface area contributed by atoms with E-state index in [9.17, 15) is 5.11 Å². The molecule has 4 heteroatoms. The van der Waals surface area contributed by atoms with E-state index in [4.69, 9.17) is 4.74 Å². The Balaban J connectivity index is 2.07. The largest absolute Gasteiger partial charge is 0.496 e. The Hall–Kier alpha value is -0.580. The van der Waals surface area contributed by atoms with E-state index in [0.29, 0.717) is 0 Å². The van der Waals surface area contributed by atoms with Crippen LogP contribution in [0.2, 0.25) is 0 Å². The van der Waals surface area contributed by atoms with E-state index in [1.807, 2.05) is 12.1 Å². The van der Waals surface area contributed by atoms with Crippen LogP contribution in [0.15, 0.2) is 22.7 Å². The summed E-state index contributed by atoms with van der Waals surface area (Å²) in [6.07, 6.45) is 4.05. The third-order valence-electron chi connectivity index (χ3n) is 5.25. The lowest BCUT2D eigenvalue weighted by atomic mass is 9.61. The number of nitrogens with zero attached hydrogens (tertiary/aromatic N) is 1. The average molecular weight is 340 g/mol. The van der Waals surface area contributed by atoms with E-state index >= 15 is 0 Å². The number of aliphatic hydroxyl groups excluding tert-OH is 1. The van der Waals surface area contributed by atoms with Gasteiger partial charge in [-0.15, -0.1) is 0 Å². The molecule has 0 amide bonds. The lowest BCUT2D eigenvalue weighted by Gasteiger charge is -2.53. The number of hydrogen-bond acceptors (Lipinski definition) is 3. The number of ether oxygens (including phenoxy) is 1. The van der Waals surface area contributed by atoms with Crippen LogP contribution in [-0.2, 0) is 5.41 Å². The highest BCUT2D eigenvalue weighted by Crippen LogP contribution is 2.50. The summed E-state index contributed by atoms with van der Waals surface area (Å²) in [5.74, 6) is 0.852. The number of methoxy groups -OCH3 is 1. The minimum atomic E-state index is -0.293. The van der Waals surface area contributed by atoms with Crippen molar-refractivity contribution in [1.29, 1.82) is 0 Å². The van der Waals surface area contributed by atoms with Crippen molar-refractivity contribution in [2.24, 2.45) is 0 Å². The van der Waals surface area contributed by atoms with Crippen LogP contribution in [-0.4, -0.2) is 42.9 Å². The van der Waals surface area contributed by atoms with Crippen LogP contribution < -0.4 is 4.74 Å². The van der Waals surface area contributed by atoms with Gasteiger partial charge in [-0.1, -0.05) is 18.6 Å². The Bertz CT molecular complexity index is 507. The van der Waals surface area contributed by atoms with Crippen molar-refractivity contribution >= 4 is 15.9 Å². The summed E-state index contributed by atoms with van der Waals surface area (Å²) in [4.78, 5) is 2.32. The predicted molar refractivity (Wildman–Crippen MR) is 83.3 cm³/mol. The molecule has 3 rings (SSSR count). The molecule has 3 nitrogen and oxygen atoms in total. The number of piperidine rings is 1. The minimum absolute atomic E-state index is 0.122. The molecule has 1 aliphatic carbocycles. The van der Waals surface area contributed by atoms with Crippen molar-refractivity contribution in [2.75, 3.05) is 20.7 Å². The van der Waals surface area contributed by atoms with Gasteiger partial charge in [0.2, 0.25) is 0 Å². The second-order valence-corrected chi connectivity index (χ2v) is 6.91. The fourth-order valence-electron chi connectivity index (χ4n) is 4.06.